The molecule has 1 aromatic carbocycles. The summed E-state index contributed by atoms with van der Waals surface area (Å²) in [6.07, 6.45) is 1.53. The van der Waals surface area contributed by atoms with Crippen molar-refractivity contribution in [2.24, 2.45) is 0 Å². The van der Waals surface area contributed by atoms with Crippen molar-refractivity contribution < 1.29 is 19.4 Å². The molecule has 1 aromatic heterocycles. The molecule has 0 bridgehead atoms. The van der Waals surface area contributed by atoms with Crippen LogP contribution in [0, 0.1) is 0 Å². The molecule has 0 saturated heterocycles. The molecule has 5 nitrogen and oxygen atoms in total. The highest BCUT2D eigenvalue weighted by molar-refractivity contribution is 6.06. The largest absolute Gasteiger partial charge is 0.478 e. The van der Waals surface area contributed by atoms with Gasteiger partial charge in [-0.05, 0) is 39.0 Å². The van der Waals surface area contributed by atoms with Gasteiger partial charge in [0.15, 0.2) is 0 Å². The number of rotatable bonds is 2. The highest BCUT2D eigenvalue weighted by atomic mass is 16.6. The van der Waals surface area contributed by atoms with Crippen LogP contribution in [0.1, 0.15) is 41.5 Å². The van der Waals surface area contributed by atoms with Crippen LogP contribution < -0.4 is 0 Å². The topological polar surface area (TPSA) is 79.4 Å². The minimum atomic E-state index is -1.03. The highest BCUT2D eigenvalue weighted by Gasteiger charge is 2.21. The monoisotopic (exact) mass is 261 g/mol. The number of carbonyl (C=O) groups is 2. The molecule has 1 heterocycles. The Morgan fingerprint density at radius 2 is 1.95 bits per heavy atom. The molecular weight excluding hydrogens is 246 g/mol. The fourth-order valence-corrected chi connectivity index (χ4v) is 1.76. The van der Waals surface area contributed by atoms with Gasteiger partial charge in [0.05, 0.1) is 11.1 Å². The number of benzene rings is 1. The van der Waals surface area contributed by atoms with E-state index in [0.717, 1.165) is 0 Å². The number of carbonyl (C=O) groups excluding carboxylic acids is 1. The summed E-state index contributed by atoms with van der Waals surface area (Å²) in [5.74, 6) is -1.50. The molecule has 0 spiro atoms. The van der Waals surface area contributed by atoms with Crippen LogP contribution in [0.5, 0.6) is 0 Å². The molecule has 2 aromatic rings. The van der Waals surface area contributed by atoms with E-state index in [4.69, 9.17) is 9.84 Å². The van der Waals surface area contributed by atoms with Gasteiger partial charge in [0.25, 0.3) is 0 Å². The molecule has 19 heavy (non-hydrogen) atoms. The van der Waals surface area contributed by atoms with Gasteiger partial charge in [-0.2, -0.15) is 0 Å². The highest BCUT2D eigenvalue weighted by Crippen LogP contribution is 2.22. The number of carboxylic acid groups (broad SMARTS) is 1. The number of H-pyrrole nitrogens is 1. The second-order valence-electron chi connectivity index (χ2n) is 5.27. The van der Waals surface area contributed by atoms with Crippen molar-refractivity contribution >= 4 is 22.8 Å². The average Bonchev–Trinajstić information content (AvgIpc) is 2.68. The van der Waals surface area contributed by atoms with E-state index >= 15 is 0 Å². The van der Waals surface area contributed by atoms with Gasteiger partial charge in [-0.3, -0.25) is 0 Å². The van der Waals surface area contributed by atoms with E-state index in [1.165, 1.54) is 18.3 Å². The number of ether oxygens (including phenoxy) is 1. The Hall–Kier alpha value is -2.30. The summed E-state index contributed by atoms with van der Waals surface area (Å²) >= 11 is 0. The number of carboxylic acids is 1. The number of esters is 1. The summed E-state index contributed by atoms with van der Waals surface area (Å²) in [4.78, 5) is 25.9. The van der Waals surface area contributed by atoms with Crippen molar-refractivity contribution in [2.45, 2.75) is 26.4 Å². The molecule has 0 aliphatic carbocycles. The van der Waals surface area contributed by atoms with Crippen molar-refractivity contribution in [3.63, 3.8) is 0 Å². The summed E-state index contributed by atoms with van der Waals surface area (Å²) in [5.41, 5.74) is 0.584. The Morgan fingerprint density at radius 3 is 2.53 bits per heavy atom. The van der Waals surface area contributed by atoms with E-state index in [2.05, 4.69) is 4.98 Å². The van der Waals surface area contributed by atoms with Crippen LogP contribution in [0.4, 0.5) is 0 Å². The molecule has 0 aliphatic heterocycles. The summed E-state index contributed by atoms with van der Waals surface area (Å²) in [5, 5.41) is 9.52. The molecular formula is C14H15NO4. The van der Waals surface area contributed by atoms with E-state index < -0.39 is 17.5 Å². The van der Waals surface area contributed by atoms with Gasteiger partial charge < -0.3 is 14.8 Å². The minimum Gasteiger partial charge on any atom is -0.478 e. The number of aromatic amines is 1. The third kappa shape index (κ3) is 2.76. The molecule has 0 aliphatic rings. The molecule has 0 unspecified atom stereocenters. The predicted octanol–water partition coefficient (Wildman–Crippen LogP) is 2.82. The Balaban J connectivity index is 2.46. The molecule has 0 fully saturated rings. The first-order valence-electron chi connectivity index (χ1n) is 5.86. The van der Waals surface area contributed by atoms with Crippen molar-refractivity contribution in [1.29, 1.82) is 0 Å². The summed E-state index contributed by atoms with van der Waals surface area (Å²) in [7, 11) is 0. The number of aromatic nitrogens is 1. The summed E-state index contributed by atoms with van der Waals surface area (Å²) in [6, 6.07) is 4.58. The van der Waals surface area contributed by atoms with Gasteiger partial charge >= 0.3 is 11.9 Å². The Bertz CT molecular complexity index is 649. The van der Waals surface area contributed by atoms with E-state index in [1.54, 1.807) is 26.8 Å². The van der Waals surface area contributed by atoms with Crippen LogP contribution in [0.15, 0.2) is 24.4 Å². The lowest BCUT2D eigenvalue weighted by molar-refractivity contribution is 0.00716. The lowest BCUT2D eigenvalue weighted by Crippen LogP contribution is -2.23. The van der Waals surface area contributed by atoms with Crippen LogP contribution >= 0.6 is 0 Å². The van der Waals surface area contributed by atoms with Crippen LogP contribution in [-0.4, -0.2) is 27.6 Å². The number of fused-ring (bicyclic) bond motifs is 1. The molecule has 100 valence electrons. The van der Waals surface area contributed by atoms with Gasteiger partial charge in [-0.1, -0.05) is 0 Å². The van der Waals surface area contributed by atoms with E-state index in [1.807, 2.05) is 0 Å². The molecule has 5 heteroatoms. The first kappa shape index (κ1) is 13.1. The maximum Gasteiger partial charge on any atom is 0.340 e. The molecule has 0 atom stereocenters. The molecule has 2 N–H and O–H groups in total. The maximum absolute atomic E-state index is 12.0. The van der Waals surface area contributed by atoms with Crippen LogP contribution in [-0.2, 0) is 4.74 Å². The summed E-state index contributed by atoms with van der Waals surface area (Å²) in [6.45, 7) is 5.34. The smallest absolute Gasteiger partial charge is 0.340 e. The van der Waals surface area contributed by atoms with Crippen molar-refractivity contribution in [2.75, 3.05) is 0 Å². The lowest BCUT2D eigenvalue weighted by atomic mass is 10.1. The SMILES string of the molecule is CC(C)(C)OC(=O)c1c[nH]c2ccc(C(=O)O)cc12. The first-order chi connectivity index (χ1) is 8.78. The minimum absolute atomic E-state index is 0.136. The number of hydrogen-bond acceptors (Lipinski definition) is 3. The Labute approximate surface area is 110 Å². The van der Waals surface area contributed by atoms with Gasteiger partial charge in [0.2, 0.25) is 0 Å². The maximum atomic E-state index is 12.0. The van der Waals surface area contributed by atoms with Crippen LogP contribution in [0.25, 0.3) is 10.9 Å². The second-order valence-corrected chi connectivity index (χ2v) is 5.27. The third-order valence-electron chi connectivity index (χ3n) is 2.55. The van der Waals surface area contributed by atoms with Crippen molar-refractivity contribution in [3.8, 4) is 0 Å². The Morgan fingerprint density at radius 1 is 1.26 bits per heavy atom. The van der Waals surface area contributed by atoms with E-state index in [-0.39, 0.29) is 5.56 Å². The number of nitrogens with one attached hydrogen (secondary N) is 1. The zero-order valence-corrected chi connectivity index (χ0v) is 11.0. The normalized spacial score (nSPS) is 11.5. The Kier molecular flexibility index (Phi) is 3.06. The quantitative estimate of drug-likeness (QED) is 0.815. The zero-order chi connectivity index (χ0) is 14.2. The lowest BCUT2D eigenvalue weighted by Gasteiger charge is -2.19. The standard InChI is InChI=1S/C14H15NO4/c1-14(2,3)19-13(18)10-7-15-11-5-4-8(12(16)17)6-9(10)11/h4-7,15H,1-3H3,(H,16,17). The van der Waals surface area contributed by atoms with Gasteiger partial charge in [0.1, 0.15) is 5.60 Å². The van der Waals surface area contributed by atoms with E-state index in [0.29, 0.717) is 16.5 Å². The van der Waals surface area contributed by atoms with Gasteiger partial charge in [-0.15, -0.1) is 0 Å². The molecule has 0 saturated carbocycles. The fraction of sp³-hybridized carbons (Fsp3) is 0.286. The van der Waals surface area contributed by atoms with Crippen LogP contribution in [0.2, 0.25) is 0 Å². The summed E-state index contributed by atoms with van der Waals surface area (Å²) < 4.78 is 5.28. The number of aromatic carboxylic acids is 1. The van der Waals surface area contributed by atoms with Gasteiger partial charge in [0, 0.05) is 17.1 Å². The second kappa shape index (κ2) is 4.42. The predicted molar refractivity (Wildman–Crippen MR) is 70.4 cm³/mol. The molecule has 2 rings (SSSR count). The van der Waals surface area contributed by atoms with Crippen molar-refractivity contribution in [3.05, 3.63) is 35.5 Å². The molecule has 0 radical (unpaired) electrons. The number of hydrogen-bond donors (Lipinski definition) is 2. The average molecular weight is 261 g/mol. The van der Waals surface area contributed by atoms with Crippen molar-refractivity contribution in [1.82, 2.24) is 4.98 Å². The third-order valence-corrected chi connectivity index (χ3v) is 2.55. The van der Waals surface area contributed by atoms with E-state index in [9.17, 15) is 9.59 Å². The molecule has 0 amide bonds. The first-order valence-corrected chi connectivity index (χ1v) is 5.86. The van der Waals surface area contributed by atoms with Crippen LogP contribution in [0.3, 0.4) is 0 Å². The fourth-order valence-electron chi connectivity index (χ4n) is 1.76. The zero-order valence-electron chi connectivity index (χ0n) is 11.0. The van der Waals surface area contributed by atoms with Gasteiger partial charge in [-0.25, -0.2) is 9.59 Å².